The second-order valence-electron chi connectivity index (χ2n) is 17.1. The molecule has 0 radical (unpaired) electrons. The normalized spacial score (nSPS) is 42.3. The number of allylic oxidation sites excluding steroid dienone is 3. The molecular weight excluding hydrogens is 552 g/mol. The molecule has 4 saturated carbocycles. The Labute approximate surface area is 262 Å². The number of carbonyl (C=O) groups is 2. The van der Waals surface area contributed by atoms with Crippen LogP contribution in [0.4, 0.5) is 0 Å². The number of hydrogen-bond donors (Lipinski definition) is 4. The van der Waals surface area contributed by atoms with E-state index in [4.69, 9.17) is 0 Å². The number of phenolic OH excluding ortho intramolecular Hbond substituents is 2. The summed E-state index contributed by atoms with van der Waals surface area (Å²) in [7, 11) is 0. The Hall–Kier alpha value is -2.60. The van der Waals surface area contributed by atoms with Crippen LogP contribution >= 0.6 is 0 Å². The molecule has 0 saturated heterocycles. The largest absolute Gasteiger partial charge is 0.504 e. The van der Waals surface area contributed by atoms with Crippen LogP contribution in [0.2, 0.25) is 0 Å². The molecule has 1 aromatic rings. The fraction of sp³-hybridized carbons (Fsp3) is 0.684. The van der Waals surface area contributed by atoms with Gasteiger partial charge in [-0.2, -0.15) is 0 Å². The molecule has 0 heterocycles. The van der Waals surface area contributed by atoms with Crippen molar-refractivity contribution in [1.82, 2.24) is 0 Å². The zero-order valence-electron chi connectivity index (χ0n) is 27.4. The lowest BCUT2D eigenvalue weighted by atomic mass is 9.32. The number of aliphatic hydroxyl groups is 1. The van der Waals surface area contributed by atoms with Crippen LogP contribution in [0, 0.1) is 50.2 Å². The van der Waals surface area contributed by atoms with Gasteiger partial charge in [0, 0.05) is 0 Å². The number of aliphatic hydroxyl groups excluding tert-OH is 1. The minimum atomic E-state index is -0.848. The quantitative estimate of drug-likeness (QED) is 0.158. The summed E-state index contributed by atoms with van der Waals surface area (Å²) in [4.78, 5) is 28.2. The lowest BCUT2D eigenvalue weighted by Gasteiger charge is -2.71. The van der Waals surface area contributed by atoms with Gasteiger partial charge >= 0.3 is 5.97 Å². The summed E-state index contributed by atoms with van der Waals surface area (Å²) < 4.78 is 0. The van der Waals surface area contributed by atoms with Gasteiger partial charge in [0.1, 0.15) is 0 Å². The predicted octanol–water partition coefficient (Wildman–Crippen LogP) is 7.91. The Morgan fingerprint density at radius 3 is 2.25 bits per heavy atom. The topological polar surface area (TPSA) is 115 Å². The molecule has 4 N–H and O–H groups in total. The standard InChI is InChI=1S/C38H52O6/c1-33(2)17-18-37(32(43)44)19-20-38(31(42)12-8-23-7-10-26(39)27(40)21-23)24(25(37)22-33)9-11-29-35(5)15-14-30(41)34(3,4)28(35)13-16-36(29,38)6/h7-10,12,21,25,28-30,39-41H,11,13-20,22H2,1-6H3,(H,43,44). The van der Waals surface area contributed by atoms with Gasteiger partial charge in [0.2, 0.25) is 0 Å². The first kappa shape index (κ1) is 31.4. The molecule has 240 valence electrons. The van der Waals surface area contributed by atoms with Crippen LogP contribution in [0.1, 0.15) is 111 Å². The van der Waals surface area contributed by atoms with Gasteiger partial charge in [-0.1, -0.05) is 65.3 Å². The summed E-state index contributed by atoms with van der Waals surface area (Å²) >= 11 is 0. The van der Waals surface area contributed by atoms with Crippen LogP contribution < -0.4 is 0 Å². The van der Waals surface area contributed by atoms with E-state index in [2.05, 4.69) is 47.6 Å². The van der Waals surface area contributed by atoms with E-state index in [0.29, 0.717) is 30.7 Å². The van der Waals surface area contributed by atoms with Gasteiger partial charge in [-0.15, -0.1) is 0 Å². The third kappa shape index (κ3) is 4.14. The third-order valence-electron chi connectivity index (χ3n) is 14.3. The maximum absolute atomic E-state index is 15.1. The highest BCUT2D eigenvalue weighted by Gasteiger charge is 2.72. The minimum Gasteiger partial charge on any atom is -0.504 e. The minimum absolute atomic E-state index is 0.0130. The van der Waals surface area contributed by atoms with Crippen molar-refractivity contribution in [2.75, 3.05) is 0 Å². The van der Waals surface area contributed by atoms with Gasteiger partial charge in [0.15, 0.2) is 17.3 Å². The number of aromatic hydroxyl groups is 2. The van der Waals surface area contributed by atoms with E-state index in [1.165, 1.54) is 12.1 Å². The van der Waals surface area contributed by atoms with Crippen molar-refractivity contribution in [1.29, 1.82) is 0 Å². The third-order valence-corrected chi connectivity index (χ3v) is 14.3. The lowest BCUT2D eigenvalue weighted by molar-refractivity contribution is -0.207. The van der Waals surface area contributed by atoms with E-state index in [0.717, 1.165) is 50.5 Å². The number of benzene rings is 1. The van der Waals surface area contributed by atoms with Crippen molar-refractivity contribution < 1.29 is 30.0 Å². The Balaban J connectivity index is 1.52. The molecule has 8 atom stereocenters. The average Bonchev–Trinajstić information content (AvgIpc) is 2.95. The first-order chi connectivity index (χ1) is 20.4. The maximum atomic E-state index is 15.1. The van der Waals surface area contributed by atoms with Crippen molar-refractivity contribution in [2.45, 2.75) is 112 Å². The fourth-order valence-corrected chi connectivity index (χ4v) is 11.8. The van der Waals surface area contributed by atoms with Crippen LogP contribution in [0.25, 0.3) is 6.08 Å². The Morgan fingerprint density at radius 2 is 1.57 bits per heavy atom. The highest BCUT2D eigenvalue weighted by atomic mass is 16.4. The molecule has 5 aliphatic carbocycles. The SMILES string of the molecule is CC1(C)CCC2(C(=O)O)CCC3(C(=O)C=Cc4ccc(O)c(O)c4)C(=CCC4C5(C)CCC(O)C(C)(C)C5CCC43C)C2C1. The van der Waals surface area contributed by atoms with Crippen molar-refractivity contribution >= 4 is 17.8 Å². The summed E-state index contributed by atoms with van der Waals surface area (Å²) in [6.07, 6.45) is 13.0. The van der Waals surface area contributed by atoms with Crippen LogP contribution in [0.15, 0.2) is 35.9 Å². The first-order valence-electron chi connectivity index (χ1n) is 16.8. The smallest absolute Gasteiger partial charge is 0.310 e. The number of carboxylic acids is 1. The molecule has 5 aliphatic rings. The molecule has 0 amide bonds. The van der Waals surface area contributed by atoms with E-state index >= 15 is 4.79 Å². The molecule has 0 aliphatic heterocycles. The summed E-state index contributed by atoms with van der Waals surface area (Å²) in [5.74, 6) is -0.755. The number of carboxylic acid groups (broad SMARTS) is 1. The number of carbonyl (C=O) groups excluding carboxylic acids is 1. The monoisotopic (exact) mass is 604 g/mol. The molecule has 4 fully saturated rings. The molecular formula is C38H52O6. The second kappa shape index (κ2) is 9.95. The lowest BCUT2D eigenvalue weighted by Crippen LogP contribution is -2.67. The molecule has 6 heteroatoms. The predicted molar refractivity (Wildman–Crippen MR) is 171 cm³/mol. The van der Waals surface area contributed by atoms with Gasteiger partial charge in [0.25, 0.3) is 0 Å². The number of hydrogen-bond acceptors (Lipinski definition) is 5. The average molecular weight is 605 g/mol. The number of fused-ring (bicyclic) bond motifs is 7. The summed E-state index contributed by atoms with van der Waals surface area (Å²) in [6, 6.07) is 4.56. The second-order valence-corrected chi connectivity index (χ2v) is 17.1. The fourth-order valence-electron chi connectivity index (χ4n) is 11.8. The van der Waals surface area contributed by atoms with Gasteiger partial charge < -0.3 is 20.4 Å². The van der Waals surface area contributed by atoms with E-state index in [1.807, 2.05) is 0 Å². The first-order valence-corrected chi connectivity index (χ1v) is 16.8. The number of aliphatic carboxylic acids is 1. The molecule has 1 aromatic carbocycles. The van der Waals surface area contributed by atoms with Crippen molar-refractivity contribution in [3.63, 3.8) is 0 Å². The molecule has 44 heavy (non-hydrogen) atoms. The number of ketones is 1. The number of rotatable bonds is 4. The van der Waals surface area contributed by atoms with Crippen LogP contribution in [-0.4, -0.2) is 38.3 Å². The van der Waals surface area contributed by atoms with Gasteiger partial charge in [-0.05, 0) is 127 Å². The van der Waals surface area contributed by atoms with Gasteiger partial charge in [-0.25, -0.2) is 0 Å². The Kier molecular flexibility index (Phi) is 7.10. The van der Waals surface area contributed by atoms with Crippen LogP contribution in [-0.2, 0) is 9.59 Å². The van der Waals surface area contributed by atoms with E-state index in [9.17, 15) is 25.2 Å². The molecule has 0 spiro atoms. The zero-order valence-corrected chi connectivity index (χ0v) is 27.4. The number of phenols is 2. The maximum Gasteiger partial charge on any atom is 0.310 e. The molecule has 0 bridgehead atoms. The van der Waals surface area contributed by atoms with E-state index in [1.54, 1.807) is 18.2 Å². The zero-order chi connectivity index (χ0) is 32.1. The highest BCUT2D eigenvalue weighted by molar-refractivity contribution is 6.01. The molecule has 6 nitrogen and oxygen atoms in total. The van der Waals surface area contributed by atoms with E-state index in [-0.39, 0.29) is 56.9 Å². The Bertz CT molecular complexity index is 1440. The Morgan fingerprint density at radius 1 is 0.864 bits per heavy atom. The van der Waals surface area contributed by atoms with Crippen LogP contribution in [0.3, 0.4) is 0 Å². The van der Waals surface area contributed by atoms with Crippen LogP contribution in [0.5, 0.6) is 11.5 Å². The van der Waals surface area contributed by atoms with E-state index < -0.39 is 16.8 Å². The van der Waals surface area contributed by atoms with Gasteiger partial charge in [-0.3, -0.25) is 9.59 Å². The van der Waals surface area contributed by atoms with Gasteiger partial charge in [0.05, 0.1) is 16.9 Å². The van der Waals surface area contributed by atoms with Crippen molar-refractivity contribution in [3.05, 3.63) is 41.5 Å². The van der Waals surface area contributed by atoms with Crippen molar-refractivity contribution in [2.24, 2.45) is 50.2 Å². The summed E-state index contributed by atoms with van der Waals surface area (Å²) in [5.41, 5.74) is -0.624. The summed E-state index contributed by atoms with van der Waals surface area (Å²) in [5, 5.41) is 41.8. The highest BCUT2D eigenvalue weighted by Crippen LogP contribution is 2.76. The molecule has 6 rings (SSSR count). The summed E-state index contributed by atoms with van der Waals surface area (Å²) in [6.45, 7) is 13.7. The van der Waals surface area contributed by atoms with Crippen molar-refractivity contribution in [3.8, 4) is 11.5 Å². The molecule has 8 unspecified atom stereocenters. The molecule has 0 aromatic heterocycles.